The second-order valence-electron chi connectivity index (χ2n) is 7.01. The highest BCUT2D eigenvalue weighted by Crippen LogP contribution is 2.25. The second-order valence-corrected chi connectivity index (χ2v) is 7.01. The Bertz CT molecular complexity index is 580. The molecule has 1 N–H and O–H groups in total. The zero-order valence-corrected chi connectivity index (χ0v) is 16.9. The van der Waals surface area contributed by atoms with Gasteiger partial charge in [-0.25, -0.2) is 0 Å². The topological polar surface area (TPSA) is 59.0 Å². The molecule has 1 aromatic rings. The molecule has 0 saturated heterocycles. The van der Waals surface area contributed by atoms with Crippen molar-refractivity contribution in [1.82, 2.24) is 4.90 Å². The monoisotopic (exact) mass is 363 g/mol. The average molecular weight is 363 g/mol. The standard InChI is InChI=1S/C21H33NO4/c1-15(7-12-20(24)22(4)5)17(3)21(16(2)13-23)26-14-18-8-10-19(25-6)11-9-18/h7-11,16-17,21,23H,12-14H2,1-6H3/b15-7+/t16-,17+,21-/m1/s1. The van der Waals surface area contributed by atoms with Crippen molar-refractivity contribution in [3.63, 3.8) is 0 Å². The first kappa shape index (κ1) is 22.2. The lowest BCUT2D eigenvalue weighted by Gasteiger charge is -2.30. The summed E-state index contributed by atoms with van der Waals surface area (Å²) in [4.78, 5) is 13.4. The van der Waals surface area contributed by atoms with E-state index in [2.05, 4.69) is 6.92 Å². The fourth-order valence-corrected chi connectivity index (χ4v) is 2.70. The van der Waals surface area contributed by atoms with E-state index < -0.39 is 0 Å². The summed E-state index contributed by atoms with van der Waals surface area (Å²) in [5.41, 5.74) is 2.15. The summed E-state index contributed by atoms with van der Waals surface area (Å²) in [6.45, 7) is 6.60. The van der Waals surface area contributed by atoms with Crippen molar-refractivity contribution in [2.45, 2.75) is 39.9 Å². The Kier molecular flexibility index (Phi) is 9.38. The quantitative estimate of drug-likeness (QED) is 0.648. The van der Waals surface area contributed by atoms with Crippen LogP contribution in [0, 0.1) is 11.8 Å². The second kappa shape index (κ2) is 11.0. The Morgan fingerprint density at radius 2 is 1.85 bits per heavy atom. The number of nitrogens with zero attached hydrogens (tertiary/aromatic N) is 1. The van der Waals surface area contributed by atoms with Crippen LogP contribution in [-0.2, 0) is 16.1 Å². The molecule has 0 bridgehead atoms. The molecule has 26 heavy (non-hydrogen) atoms. The molecule has 1 aromatic carbocycles. The Morgan fingerprint density at radius 1 is 1.23 bits per heavy atom. The third-order valence-corrected chi connectivity index (χ3v) is 4.76. The van der Waals surface area contributed by atoms with E-state index in [1.54, 1.807) is 26.1 Å². The van der Waals surface area contributed by atoms with Crippen LogP contribution in [0.3, 0.4) is 0 Å². The molecule has 146 valence electrons. The van der Waals surface area contributed by atoms with Crippen LogP contribution in [0.4, 0.5) is 0 Å². The van der Waals surface area contributed by atoms with Crippen LogP contribution in [0.25, 0.3) is 0 Å². The number of hydrogen-bond acceptors (Lipinski definition) is 4. The number of benzene rings is 1. The first-order valence-corrected chi connectivity index (χ1v) is 9.02. The number of carbonyl (C=O) groups is 1. The van der Waals surface area contributed by atoms with Gasteiger partial charge in [0.25, 0.3) is 0 Å². The first-order valence-electron chi connectivity index (χ1n) is 9.02. The maximum atomic E-state index is 11.8. The van der Waals surface area contributed by atoms with Gasteiger partial charge in [0.1, 0.15) is 5.75 Å². The van der Waals surface area contributed by atoms with Gasteiger partial charge in [0.2, 0.25) is 5.91 Å². The van der Waals surface area contributed by atoms with E-state index in [1.807, 2.05) is 44.2 Å². The highest BCUT2D eigenvalue weighted by atomic mass is 16.5. The van der Waals surface area contributed by atoms with E-state index in [0.717, 1.165) is 16.9 Å². The summed E-state index contributed by atoms with van der Waals surface area (Å²) >= 11 is 0. The largest absolute Gasteiger partial charge is 0.497 e. The molecule has 0 aliphatic carbocycles. The van der Waals surface area contributed by atoms with Crippen molar-refractivity contribution < 1.29 is 19.4 Å². The fraction of sp³-hybridized carbons (Fsp3) is 0.571. The molecular formula is C21H33NO4. The van der Waals surface area contributed by atoms with E-state index in [9.17, 15) is 9.90 Å². The number of ether oxygens (including phenoxy) is 2. The maximum absolute atomic E-state index is 11.8. The van der Waals surface area contributed by atoms with Gasteiger partial charge in [0.15, 0.2) is 0 Å². The zero-order valence-electron chi connectivity index (χ0n) is 16.9. The van der Waals surface area contributed by atoms with Crippen molar-refractivity contribution in [3.8, 4) is 5.75 Å². The number of hydrogen-bond donors (Lipinski definition) is 1. The smallest absolute Gasteiger partial charge is 0.225 e. The Morgan fingerprint density at radius 3 is 2.35 bits per heavy atom. The number of aliphatic hydroxyl groups excluding tert-OH is 1. The zero-order chi connectivity index (χ0) is 19.7. The fourth-order valence-electron chi connectivity index (χ4n) is 2.70. The maximum Gasteiger partial charge on any atom is 0.225 e. The van der Waals surface area contributed by atoms with Crippen LogP contribution < -0.4 is 4.74 Å². The number of methoxy groups -OCH3 is 1. The summed E-state index contributed by atoms with van der Waals surface area (Å²) < 4.78 is 11.3. The van der Waals surface area contributed by atoms with Gasteiger partial charge in [-0.1, -0.05) is 37.6 Å². The molecule has 5 heteroatoms. The van der Waals surface area contributed by atoms with Crippen molar-refractivity contribution in [3.05, 3.63) is 41.5 Å². The minimum absolute atomic E-state index is 0.00357. The van der Waals surface area contributed by atoms with Crippen molar-refractivity contribution >= 4 is 5.91 Å². The van der Waals surface area contributed by atoms with Gasteiger partial charge in [-0.3, -0.25) is 4.79 Å². The number of rotatable bonds is 10. The molecule has 0 fully saturated rings. The van der Waals surface area contributed by atoms with Crippen LogP contribution in [-0.4, -0.2) is 49.8 Å². The molecule has 0 saturated carbocycles. The van der Waals surface area contributed by atoms with Gasteiger partial charge in [0, 0.05) is 39.0 Å². The minimum atomic E-state index is -0.132. The number of amides is 1. The Balaban J connectivity index is 2.77. The predicted octanol–water partition coefficient (Wildman–Crippen LogP) is 3.27. The van der Waals surface area contributed by atoms with Crippen molar-refractivity contribution in [1.29, 1.82) is 0 Å². The third-order valence-electron chi connectivity index (χ3n) is 4.76. The summed E-state index contributed by atoms with van der Waals surface area (Å²) in [7, 11) is 5.15. The Hall–Kier alpha value is -1.85. The molecule has 0 heterocycles. The van der Waals surface area contributed by atoms with Gasteiger partial charge in [0.05, 0.1) is 19.8 Å². The molecule has 5 nitrogen and oxygen atoms in total. The molecule has 1 rings (SSSR count). The molecule has 1 amide bonds. The highest BCUT2D eigenvalue weighted by molar-refractivity contribution is 5.77. The lowest BCUT2D eigenvalue weighted by Crippen LogP contribution is -2.32. The van der Waals surface area contributed by atoms with Gasteiger partial charge in [-0.15, -0.1) is 0 Å². The van der Waals surface area contributed by atoms with Crippen molar-refractivity contribution in [2.75, 3.05) is 27.8 Å². The van der Waals surface area contributed by atoms with Crippen LogP contribution in [0.1, 0.15) is 32.8 Å². The normalized spacial score (nSPS) is 15.3. The first-order chi connectivity index (χ1) is 12.3. The molecule has 0 aliphatic heterocycles. The lowest BCUT2D eigenvalue weighted by atomic mass is 9.88. The van der Waals surface area contributed by atoms with Gasteiger partial charge >= 0.3 is 0 Å². The number of carbonyl (C=O) groups excluding carboxylic acids is 1. The van der Waals surface area contributed by atoms with Crippen molar-refractivity contribution in [2.24, 2.45) is 11.8 Å². The van der Waals surface area contributed by atoms with Crippen LogP contribution in [0.2, 0.25) is 0 Å². The molecular weight excluding hydrogens is 330 g/mol. The van der Waals surface area contributed by atoms with E-state index >= 15 is 0 Å². The van der Waals surface area contributed by atoms with Gasteiger partial charge < -0.3 is 19.5 Å². The van der Waals surface area contributed by atoms with Gasteiger partial charge in [-0.05, 0) is 24.6 Å². The molecule has 0 spiro atoms. The molecule has 0 aromatic heterocycles. The van der Waals surface area contributed by atoms with Crippen LogP contribution in [0.5, 0.6) is 5.75 Å². The summed E-state index contributed by atoms with van der Waals surface area (Å²) in [6.07, 6.45) is 2.20. The summed E-state index contributed by atoms with van der Waals surface area (Å²) in [5.74, 6) is 0.982. The molecule has 0 radical (unpaired) electrons. The average Bonchev–Trinajstić information content (AvgIpc) is 2.65. The Labute approximate surface area is 157 Å². The molecule has 3 atom stereocenters. The SMILES string of the molecule is COc1ccc(CO[C@H]([C@H](C)CO)[C@@H](C)/C(C)=C/CC(=O)N(C)C)cc1. The predicted molar refractivity (Wildman–Crippen MR) is 104 cm³/mol. The number of aliphatic hydroxyl groups is 1. The lowest BCUT2D eigenvalue weighted by molar-refractivity contribution is -0.127. The van der Waals surface area contributed by atoms with Gasteiger partial charge in [-0.2, -0.15) is 0 Å². The third kappa shape index (κ3) is 6.81. The van der Waals surface area contributed by atoms with E-state index in [-0.39, 0.29) is 30.5 Å². The summed E-state index contributed by atoms with van der Waals surface area (Å²) in [6, 6.07) is 7.76. The van der Waals surface area contributed by atoms with Crippen LogP contribution in [0.15, 0.2) is 35.9 Å². The van der Waals surface area contributed by atoms with E-state index in [1.165, 1.54) is 0 Å². The van der Waals surface area contributed by atoms with Crippen LogP contribution >= 0.6 is 0 Å². The summed E-state index contributed by atoms with van der Waals surface area (Å²) in [5, 5.41) is 9.62. The highest BCUT2D eigenvalue weighted by Gasteiger charge is 2.25. The van der Waals surface area contributed by atoms with E-state index in [4.69, 9.17) is 9.47 Å². The minimum Gasteiger partial charge on any atom is -0.497 e. The molecule has 0 aliphatic rings. The van der Waals surface area contributed by atoms with E-state index in [0.29, 0.717) is 13.0 Å². The molecule has 0 unspecified atom stereocenters.